The normalized spacial score (nSPS) is 12.7. The van der Waals surface area contributed by atoms with Gasteiger partial charge in [0.25, 0.3) is 0 Å². The van der Waals surface area contributed by atoms with Gasteiger partial charge in [0.15, 0.2) is 0 Å². The third-order valence-corrected chi connectivity index (χ3v) is 13.5. The second-order valence-electron chi connectivity index (χ2n) is 20.0. The number of allylic oxidation sites excluding steroid dienone is 4. The van der Waals surface area contributed by atoms with Crippen molar-refractivity contribution in [2.45, 2.75) is 328 Å². The predicted molar refractivity (Wildman–Crippen MR) is 283 cm³/mol. The van der Waals surface area contributed by atoms with Crippen LogP contribution < -0.4 is 5.32 Å². The molecule has 0 spiro atoms. The van der Waals surface area contributed by atoms with Crippen LogP contribution in [0.5, 0.6) is 0 Å². The van der Waals surface area contributed by atoms with E-state index in [2.05, 4.69) is 43.5 Å². The summed E-state index contributed by atoms with van der Waals surface area (Å²) in [6.07, 6.45) is 66.0. The lowest BCUT2D eigenvalue weighted by molar-refractivity contribution is -0.143. The number of esters is 1. The number of carbonyl (C=O) groups is 2. The molecule has 0 fully saturated rings. The Morgan fingerprint density at radius 2 is 0.738 bits per heavy atom. The minimum atomic E-state index is -0.675. The molecule has 0 aliphatic rings. The first kappa shape index (κ1) is 63.3. The number of hydrogen-bond acceptors (Lipinski definition) is 5. The van der Waals surface area contributed by atoms with Crippen molar-refractivity contribution in [3.63, 3.8) is 0 Å². The van der Waals surface area contributed by atoms with Gasteiger partial charge in [0.2, 0.25) is 5.91 Å². The maximum absolute atomic E-state index is 12.5. The SMILES string of the molecule is CCCC/C=C\CCCCCCCC(=O)OCCCCCC/C=C\CCCCCCCCCC(=O)NC(CO)C(O)CCCCCCCCCCCCCCCCCCCCCCCC. The van der Waals surface area contributed by atoms with Gasteiger partial charge in [-0.2, -0.15) is 0 Å². The van der Waals surface area contributed by atoms with Crippen LogP contribution >= 0.6 is 0 Å². The van der Waals surface area contributed by atoms with E-state index in [1.54, 1.807) is 0 Å². The summed E-state index contributed by atoms with van der Waals surface area (Å²) < 4.78 is 5.44. The molecule has 384 valence electrons. The van der Waals surface area contributed by atoms with Crippen LogP contribution in [0.1, 0.15) is 316 Å². The number of carbonyl (C=O) groups excluding carboxylic acids is 2. The molecule has 0 aromatic heterocycles. The molecule has 0 aromatic carbocycles. The van der Waals surface area contributed by atoms with Gasteiger partial charge >= 0.3 is 5.97 Å². The van der Waals surface area contributed by atoms with Gasteiger partial charge in [0.1, 0.15) is 0 Å². The molecule has 0 rings (SSSR count). The van der Waals surface area contributed by atoms with Crippen molar-refractivity contribution >= 4 is 11.9 Å². The van der Waals surface area contributed by atoms with Gasteiger partial charge in [-0.1, -0.05) is 256 Å². The monoisotopic (exact) mass is 916 g/mol. The van der Waals surface area contributed by atoms with E-state index in [0.717, 1.165) is 70.6 Å². The Morgan fingerprint density at radius 1 is 0.415 bits per heavy atom. The van der Waals surface area contributed by atoms with Crippen LogP contribution in [-0.4, -0.2) is 47.4 Å². The Labute approximate surface area is 405 Å². The van der Waals surface area contributed by atoms with Gasteiger partial charge in [0.05, 0.1) is 25.4 Å². The minimum Gasteiger partial charge on any atom is -0.466 e. The molecule has 6 nitrogen and oxygen atoms in total. The third-order valence-electron chi connectivity index (χ3n) is 13.5. The average molecular weight is 917 g/mol. The highest BCUT2D eigenvalue weighted by Crippen LogP contribution is 2.17. The lowest BCUT2D eigenvalue weighted by Crippen LogP contribution is -2.45. The number of aliphatic hydroxyl groups is 2. The highest BCUT2D eigenvalue weighted by molar-refractivity contribution is 5.76. The molecule has 3 N–H and O–H groups in total. The fourth-order valence-corrected chi connectivity index (χ4v) is 8.97. The van der Waals surface area contributed by atoms with Crippen LogP contribution in [0.2, 0.25) is 0 Å². The van der Waals surface area contributed by atoms with Crippen LogP contribution in [0.15, 0.2) is 24.3 Å². The Kier molecular flexibility index (Phi) is 53.5. The van der Waals surface area contributed by atoms with Crippen molar-refractivity contribution in [1.82, 2.24) is 5.32 Å². The molecular weight excluding hydrogens is 803 g/mol. The smallest absolute Gasteiger partial charge is 0.305 e. The van der Waals surface area contributed by atoms with Crippen molar-refractivity contribution in [2.75, 3.05) is 13.2 Å². The molecule has 2 atom stereocenters. The van der Waals surface area contributed by atoms with Crippen molar-refractivity contribution in [3.8, 4) is 0 Å². The van der Waals surface area contributed by atoms with Crippen LogP contribution in [0.3, 0.4) is 0 Å². The second-order valence-corrected chi connectivity index (χ2v) is 20.0. The molecule has 0 heterocycles. The summed E-state index contributed by atoms with van der Waals surface area (Å²) in [6.45, 7) is 4.89. The number of ether oxygens (including phenoxy) is 1. The Morgan fingerprint density at radius 3 is 1.14 bits per heavy atom. The standard InChI is InChI=1S/C59H113NO5/c1-3-5-7-9-11-13-15-16-17-18-19-20-21-22-23-25-28-32-35-39-43-47-51-57(62)56(55-61)60-58(63)52-48-44-40-36-33-29-26-24-27-30-34-38-42-46-50-54-65-59(64)53-49-45-41-37-31-14-12-10-8-6-4-2/h10,12,27,30,56-57,61-62H,3-9,11,13-26,28-29,31-55H2,1-2H3,(H,60,63)/b12-10-,30-27-. The quantitative estimate of drug-likeness (QED) is 0.0321. The zero-order chi connectivity index (χ0) is 47.2. The Bertz CT molecular complexity index is 1010. The third kappa shape index (κ3) is 51.6. The fraction of sp³-hybridized carbons (Fsp3) is 0.898. The molecule has 0 aromatic rings. The largest absolute Gasteiger partial charge is 0.466 e. The van der Waals surface area contributed by atoms with E-state index in [1.807, 2.05) is 0 Å². The molecule has 2 unspecified atom stereocenters. The first-order valence-electron chi connectivity index (χ1n) is 29.1. The summed E-state index contributed by atoms with van der Waals surface area (Å²) in [7, 11) is 0. The number of rotatable bonds is 54. The summed E-state index contributed by atoms with van der Waals surface area (Å²) >= 11 is 0. The molecule has 0 saturated carbocycles. The van der Waals surface area contributed by atoms with E-state index in [0.29, 0.717) is 25.9 Å². The summed E-state index contributed by atoms with van der Waals surface area (Å²) in [5, 5.41) is 23.3. The maximum atomic E-state index is 12.5. The highest BCUT2D eigenvalue weighted by atomic mass is 16.5. The van der Waals surface area contributed by atoms with E-state index < -0.39 is 12.1 Å². The van der Waals surface area contributed by atoms with Crippen LogP contribution in [0, 0.1) is 0 Å². The highest BCUT2D eigenvalue weighted by Gasteiger charge is 2.20. The van der Waals surface area contributed by atoms with Gasteiger partial charge in [-0.3, -0.25) is 9.59 Å². The van der Waals surface area contributed by atoms with E-state index in [-0.39, 0.29) is 18.5 Å². The Hall–Kier alpha value is -1.66. The van der Waals surface area contributed by atoms with Gasteiger partial charge in [-0.05, 0) is 70.6 Å². The minimum absolute atomic E-state index is 0.0207. The fourth-order valence-electron chi connectivity index (χ4n) is 8.97. The van der Waals surface area contributed by atoms with Crippen molar-refractivity contribution in [3.05, 3.63) is 24.3 Å². The summed E-state index contributed by atoms with van der Waals surface area (Å²) in [6, 6.07) is -0.554. The molecule has 0 aliphatic carbocycles. The summed E-state index contributed by atoms with van der Waals surface area (Å²) in [5.41, 5.74) is 0. The zero-order valence-electron chi connectivity index (χ0n) is 43.7. The number of amides is 1. The molecule has 0 aliphatic heterocycles. The lowest BCUT2D eigenvalue weighted by atomic mass is 10.0. The van der Waals surface area contributed by atoms with Gasteiger partial charge in [0, 0.05) is 12.8 Å². The van der Waals surface area contributed by atoms with Gasteiger partial charge in [-0.25, -0.2) is 0 Å². The van der Waals surface area contributed by atoms with Gasteiger partial charge < -0.3 is 20.3 Å². The molecule has 0 radical (unpaired) electrons. The second kappa shape index (κ2) is 54.9. The van der Waals surface area contributed by atoms with Crippen LogP contribution in [0.25, 0.3) is 0 Å². The molecule has 0 saturated heterocycles. The maximum Gasteiger partial charge on any atom is 0.305 e. The van der Waals surface area contributed by atoms with Crippen LogP contribution in [-0.2, 0) is 14.3 Å². The van der Waals surface area contributed by atoms with Gasteiger partial charge in [-0.15, -0.1) is 0 Å². The van der Waals surface area contributed by atoms with Crippen molar-refractivity contribution < 1.29 is 24.5 Å². The lowest BCUT2D eigenvalue weighted by Gasteiger charge is -2.22. The van der Waals surface area contributed by atoms with E-state index in [9.17, 15) is 19.8 Å². The first-order chi connectivity index (χ1) is 32.0. The predicted octanol–water partition coefficient (Wildman–Crippen LogP) is 17.9. The molecule has 0 bridgehead atoms. The zero-order valence-corrected chi connectivity index (χ0v) is 43.7. The molecule has 65 heavy (non-hydrogen) atoms. The van der Waals surface area contributed by atoms with Crippen molar-refractivity contribution in [2.24, 2.45) is 0 Å². The van der Waals surface area contributed by atoms with E-state index in [1.165, 1.54) is 212 Å². The number of aliphatic hydroxyl groups excluding tert-OH is 2. The van der Waals surface area contributed by atoms with Crippen molar-refractivity contribution in [1.29, 1.82) is 0 Å². The average Bonchev–Trinajstić information content (AvgIpc) is 3.31. The molecular formula is C59H113NO5. The topological polar surface area (TPSA) is 95.9 Å². The summed E-state index contributed by atoms with van der Waals surface area (Å²) in [4.78, 5) is 24.5. The molecule has 1 amide bonds. The number of nitrogens with one attached hydrogen (secondary N) is 1. The molecule has 6 heteroatoms. The van der Waals surface area contributed by atoms with Crippen LogP contribution in [0.4, 0.5) is 0 Å². The summed E-state index contributed by atoms with van der Waals surface area (Å²) in [5.74, 6) is -0.0685. The first-order valence-corrected chi connectivity index (χ1v) is 29.1. The Balaban J connectivity index is 3.48. The number of unbranched alkanes of at least 4 members (excludes halogenated alkanes) is 39. The van der Waals surface area contributed by atoms with E-state index in [4.69, 9.17) is 4.74 Å². The number of hydrogen-bond donors (Lipinski definition) is 3. The van der Waals surface area contributed by atoms with E-state index >= 15 is 0 Å².